The van der Waals surface area contributed by atoms with Crippen LogP contribution in [0.25, 0.3) is 0 Å². The molecule has 0 fully saturated rings. The molecule has 0 aliphatic carbocycles. The zero-order valence-corrected chi connectivity index (χ0v) is 3.42. The molecule has 0 N–H and O–H groups in total. The smallest absolute Gasteiger partial charge is 0.204 e. The minimum absolute atomic E-state index is 0.960. The molecule has 0 unspecified atom stereocenters. The molecule has 2 heteroatoms. The summed E-state index contributed by atoms with van der Waals surface area (Å²) in [6, 6.07) is 0. The van der Waals surface area contributed by atoms with E-state index in [0.717, 1.165) is 6.32 Å². The molecule has 0 aliphatic rings. The second kappa shape index (κ2) is 3.35. The van der Waals surface area contributed by atoms with Crippen LogP contribution in [0.15, 0.2) is 0 Å². The van der Waals surface area contributed by atoms with Gasteiger partial charge in [-0.15, -0.1) is 0 Å². The first-order valence-corrected chi connectivity index (χ1v) is 1.77. The topological polar surface area (TPSA) is 0 Å². The molecule has 0 aromatic rings. The van der Waals surface area contributed by atoms with Gasteiger partial charge in [0.15, 0.2) is 0 Å². The van der Waals surface area contributed by atoms with Crippen molar-refractivity contribution in [1.29, 1.82) is 0 Å². The van der Waals surface area contributed by atoms with E-state index >= 15 is 0 Å². The molecule has 0 saturated heterocycles. The predicted molar refractivity (Wildman–Crippen MR) is 22.1 cm³/mol. The third-order valence-corrected chi connectivity index (χ3v) is 0.463. The Morgan fingerprint density at radius 3 is 2.25 bits per heavy atom. The highest BCUT2D eigenvalue weighted by Crippen LogP contribution is 1.73. The maximum Gasteiger partial charge on any atom is 0.238 e. The fourth-order valence-electron chi connectivity index (χ4n) is 0. The van der Waals surface area contributed by atoms with Gasteiger partial charge in [0.1, 0.15) is 0 Å². The molecule has 0 aromatic carbocycles. The van der Waals surface area contributed by atoms with Gasteiger partial charge >= 0.3 is 0 Å². The second-order valence-corrected chi connectivity index (χ2v) is 0.871. The van der Waals surface area contributed by atoms with Crippen LogP contribution in [0.4, 0.5) is 0 Å². The highest BCUT2D eigenvalue weighted by atomic mass is 35.5. The SMILES string of the molecule is CC[B]Cl. The number of hydrogen-bond acceptors (Lipinski definition) is 0. The van der Waals surface area contributed by atoms with Crippen LogP contribution >= 0.6 is 11.5 Å². The van der Waals surface area contributed by atoms with Crippen molar-refractivity contribution in [3.05, 3.63) is 0 Å². The highest BCUT2D eigenvalue weighted by molar-refractivity contribution is 6.93. The Kier molecular flexibility index (Phi) is 3.65. The first kappa shape index (κ1) is 4.35. The average Bonchev–Trinajstić information content (AvgIpc) is 1.37. The Morgan fingerprint density at radius 2 is 2.25 bits per heavy atom. The van der Waals surface area contributed by atoms with Crippen LogP contribution in [0, 0.1) is 0 Å². The molecule has 0 amide bonds. The monoisotopic (exact) mass is 75.0 g/mol. The molecule has 1 radical (unpaired) electrons. The lowest BCUT2D eigenvalue weighted by atomic mass is 10.1. The average molecular weight is 75.3 g/mol. The minimum atomic E-state index is 0.960. The summed E-state index contributed by atoms with van der Waals surface area (Å²) < 4.78 is 0. The summed E-state index contributed by atoms with van der Waals surface area (Å²) in [5, 5.41) is 0. The Bertz CT molecular complexity index is 8.00. The Balaban J connectivity index is 1.97. The van der Waals surface area contributed by atoms with Gasteiger partial charge in [-0.3, -0.25) is 0 Å². The van der Waals surface area contributed by atoms with Crippen LogP contribution in [0.3, 0.4) is 0 Å². The summed E-state index contributed by atoms with van der Waals surface area (Å²) >= 11 is 5.06. The van der Waals surface area contributed by atoms with Crippen molar-refractivity contribution >= 4 is 18.2 Å². The summed E-state index contributed by atoms with van der Waals surface area (Å²) in [4.78, 5) is 0. The zero-order chi connectivity index (χ0) is 3.41. The zero-order valence-electron chi connectivity index (χ0n) is 2.66. The maximum absolute atomic E-state index is 5.06. The van der Waals surface area contributed by atoms with Crippen molar-refractivity contribution in [2.45, 2.75) is 13.2 Å². The van der Waals surface area contributed by atoms with E-state index in [4.69, 9.17) is 11.5 Å². The normalized spacial score (nSPS) is 6.50. The first-order chi connectivity index (χ1) is 1.91. The fourth-order valence-corrected chi connectivity index (χ4v) is 0. The van der Waals surface area contributed by atoms with Crippen molar-refractivity contribution in [1.82, 2.24) is 0 Å². The second-order valence-electron chi connectivity index (χ2n) is 0.563. The molecule has 0 spiro atoms. The largest absolute Gasteiger partial charge is 0.238 e. The van der Waals surface area contributed by atoms with Crippen LogP contribution in [0.1, 0.15) is 6.92 Å². The fraction of sp³-hybridized carbons (Fsp3) is 1.00. The van der Waals surface area contributed by atoms with E-state index in [-0.39, 0.29) is 0 Å². The van der Waals surface area contributed by atoms with E-state index in [2.05, 4.69) is 0 Å². The first-order valence-electron chi connectivity index (χ1n) is 1.33. The molecule has 0 nitrogen and oxygen atoms in total. The lowest BCUT2D eigenvalue weighted by Gasteiger charge is -1.60. The van der Waals surface area contributed by atoms with E-state index < -0.39 is 0 Å². The Morgan fingerprint density at radius 1 is 2.00 bits per heavy atom. The van der Waals surface area contributed by atoms with Crippen LogP contribution < -0.4 is 0 Å². The molecule has 0 bridgehead atoms. The molecule has 23 valence electrons. The minimum Gasteiger partial charge on any atom is -0.204 e. The lowest BCUT2D eigenvalue weighted by molar-refractivity contribution is 1.47. The van der Waals surface area contributed by atoms with Crippen LogP contribution in [0.2, 0.25) is 6.32 Å². The molecule has 0 aromatic heterocycles. The van der Waals surface area contributed by atoms with E-state index in [0.29, 0.717) is 0 Å². The Labute approximate surface area is 32.3 Å². The van der Waals surface area contributed by atoms with E-state index in [1.54, 1.807) is 6.69 Å². The van der Waals surface area contributed by atoms with Crippen molar-refractivity contribution in [3.63, 3.8) is 0 Å². The summed E-state index contributed by atoms with van der Waals surface area (Å²) in [5.74, 6) is 0. The van der Waals surface area contributed by atoms with Gasteiger partial charge in [0.25, 0.3) is 0 Å². The molecular weight excluding hydrogens is 70.3 g/mol. The van der Waals surface area contributed by atoms with Gasteiger partial charge in [-0.05, 0) is 0 Å². The number of hydrogen-bond donors (Lipinski definition) is 0. The van der Waals surface area contributed by atoms with Crippen molar-refractivity contribution in [2.24, 2.45) is 0 Å². The number of halogens is 1. The molecule has 0 aliphatic heterocycles. The Hall–Kier alpha value is 0.355. The van der Waals surface area contributed by atoms with Gasteiger partial charge in [0.05, 0.1) is 0 Å². The van der Waals surface area contributed by atoms with Crippen molar-refractivity contribution in [2.75, 3.05) is 0 Å². The summed E-state index contributed by atoms with van der Waals surface area (Å²) in [6.45, 7) is 3.59. The predicted octanol–water partition coefficient (Wildman–Crippen LogP) is 1.28. The standard InChI is InChI=1S/C2H5BCl/c1-2-3-4/h2H2,1H3. The maximum atomic E-state index is 5.06. The molecular formula is C2H5BCl. The van der Waals surface area contributed by atoms with Gasteiger partial charge in [0, 0.05) is 0 Å². The molecule has 0 saturated carbocycles. The van der Waals surface area contributed by atoms with Gasteiger partial charge < -0.3 is 0 Å². The van der Waals surface area contributed by atoms with E-state index in [1.807, 2.05) is 6.92 Å². The van der Waals surface area contributed by atoms with Crippen molar-refractivity contribution in [3.8, 4) is 0 Å². The molecule has 0 atom stereocenters. The molecule has 0 heterocycles. The molecule has 4 heavy (non-hydrogen) atoms. The van der Waals surface area contributed by atoms with Gasteiger partial charge in [0.2, 0.25) is 6.69 Å². The lowest BCUT2D eigenvalue weighted by Crippen LogP contribution is -1.61. The highest BCUT2D eigenvalue weighted by Gasteiger charge is 1.65. The number of rotatable bonds is 1. The third-order valence-electron chi connectivity index (χ3n) is 0.154. The van der Waals surface area contributed by atoms with E-state index in [1.165, 1.54) is 0 Å². The van der Waals surface area contributed by atoms with Gasteiger partial charge in [-0.2, -0.15) is 0 Å². The van der Waals surface area contributed by atoms with Crippen LogP contribution in [0.5, 0.6) is 0 Å². The molecule has 0 rings (SSSR count). The third kappa shape index (κ3) is 2.35. The van der Waals surface area contributed by atoms with Crippen LogP contribution in [-0.2, 0) is 0 Å². The summed E-state index contributed by atoms with van der Waals surface area (Å²) in [7, 11) is 0. The van der Waals surface area contributed by atoms with E-state index in [9.17, 15) is 0 Å². The van der Waals surface area contributed by atoms with Crippen molar-refractivity contribution < 1.29 is 0 Å². The summed E-state index contributed by atoms with van der Waals surface area (Å²) in [6.07, 6.45) is 0.960. The van der Waals surface area contributed by atoms with Crippen LogP contribution in [-0.4, -0.2) is 6.69 Å². The van der Waals surface area contributed by atoms with Gasteiger partial charge in [-0.1, -0.05) is 13.2 Å². The summed E-state index contributed by atoms with van der Waals surface area (Å²) in [5.41, 5.74) is 0. The quantitative estimate of drug-likeness (QED) is 0.412. The van der Waals surface area contributed by atoms with Gasteiger partial charge in [-0.25, -0.2) is 11.5 Å².